The van der Waals surface area contributed by atoms with Crippen molar-refractivity contribution in [3.8, 4) is 5.75 Å². The first-order valence-electron chi connectivity index (χ1n) is 5.42. The minimum atomic E-state index is -3.34. The zero-order chi connectivity index (χ0) is 12.9. The zero-order valence-corrected chi connectivity index (χ0v) is 11.2. The molecule has 4 nitrogen and oxygen atoms in total. The number of benzene rings is 1. The molecule has 1 rings (SSSR count). The summed E-state index contributed by atoms with van der Waals surface area (Å²) in [7, 11) is -3.34. The second kappa shape index (κ2) is 6.02. The van der Waals surface area contributed by atoms with Gasteiger partial charge in [-0.2, -0.15) is 8.42 Å². The molecule has 0 bridgehead atoms. The van der Waals surface area contributed by atoms with Crippen LogP contribution in [0.3, 0.4) is 0 Å². The van der Waals surface area contributed by atoms with E-state index >= 15 is 0 Å². The monoisotopic (exact) mass is 258 g/mol. The minimum Gasteiger partial charge on any atom is -0.493 e. The van der Waals surface area contributed by atoms with Gasteiger partial charge in [0.1, 0.15) is 5.75 Å². The van der Waals surface area contributed by atoms with E-state index in [9.17, 15) is 8.42 Å². The van der Waals surface area contributed by atoms with E-state index in [-0.39, 0.29) is 6.61 Å². The summed E-state index contributed by atoms with van der Waals surface area (Å²) in [5.41, 5.74) is 2.29. The van der Waals surface area contributed by atoms with Crippen molar-refractivity contribution in [2.45, 2.75) is 20.3 Å². The molecule has 0 saturated heterocycles. The molecule has 0 aliphatic heterocycles. The first-order chi connectivity index (χ1) is 7.87. The van der Waals surface area contributed by atoms with Crippen LogP contribution in [0.25, 0.3) is 0 Å². The molecule has 0 N–H and O–H groups in total. The molecule has 0 atom stereocenters. The number of hydrogen-bond acceptors (Lipinski definition) is 4. The van der Waals surface area contributed by atoms with Crippen LogP contribution in [0.1, 0.15) is 17.5 Å². The van der Waals surface area contributed by atoms with Crippen molar-refractivity contribution in [3.05, 3.63) is 29.3 Å². The van der Waals surface area contributed by atoms with Crippen LogP contribution in [0.5, 0.6) is 5.75 Å². The summed E-state index contributed by atoms with van der Waals surface area (Å²) in [5.74, 6) is 0.807. The molecule has 96 valence electrons. The SMILES string of the molecule is Cc1cc(C)cc(OCCCOS(C)(=O)=O)c1. The van der Waals surface area contributed by atoms with Crippen molar-refractivity contribution in [1.82, 2.24) is 0 Å². The number of hydrogen-bond donors (Lipinski definition) is 0. The minimum absolute atomic E-state index is 0.156. The Hall–Kier alpha value is -1.07. The molecule has 0 fully saturated rings. The quantitative estimate of drug-likeness (QED) is 0.579. The molecular formula is C12H18O4S. The summed E-state index contributed by atoms with van der Waals surface area (Å²) in [6.07, 6.45) is 1.58. The number of rotatable bonds is 6. The van der Waals surface area contributed by atoms with Gasteiger partial charge in [0, 0.05) is 6.42 Å². The summed E-state index contributed by atoms with van der Waals surface area (Å²) in [4.78, 5) is 0. The van der Waals surface area contributed by atoms with Gasteiger partial charge in [-0.1, -0.05) is 6.07 Å². The first-order valence-corrected chi connectivity index (χ1v) is 7.24. The molecule has 1 aromatic rings. The lowest BCUT2D eigenvalue weighted by molar-refractivity contribution is 0.252. The highest BCUT2D eigenvalue weighted by atomic mass is 32.2. The Morgan fingerprint density at radius 3 is 2.18 bits per heavy atom. The molecule has 0 spiro atoms. The molecular weight excluding hydrogens is 240 g/mol. The van der Waals surface area contributed by atoms with Gasteiger partial charge >= 0.3 is 0 Å². The largest absolute Gasteiger partial charge is 0.493 e. The van der Waals surface area contributed by atoms with Gasteiger partial charge in [0.25, 0.3) is 10.1 Å². The van der Waals surface area contributed by atoms with Gasteiger partial charge in [-0.15, -0.1) is 0 Å². The van der Waals surface area contributed by atoms with Crippen LogP contribution >= 0.6 is 0 Å². The van der Waals surface area contributed by atoms with E-state index in [4.69, 9.17) is 4.74 Å². The van der Waals surface area contributed by atoms with Crippen molar-refractivity contribution in [1.29, 1.82) is 0 Å². The van der Waals surface area contributed by atoms with Gasteiger partial charge in [0.15, 0.2) is 0 Å². The summed E-state index contributed by atoms with van der Waals surface area (Å²) < 4.78 is 31.5. The molecule has 0 aliphatic carbocycles. The Morgan fingerprint density at radius 2 is 1.65 bits per heavy atom. The van der Waals surface area contributed by atoms with Gasteiger partial charge in [0.05, 0.1) is 19.5 Å². The first kappa shape index (κ1) is 14.0. The van der Waals surface area contributed by atoms with E-state index in [1.54, 1.807) is 0 Å². The molecule has 0 unspecified atom stereocenters. The van der Waals surface area contributed by atoms with Gasteiger partial charge in [-0.3, -0.25) is 4.18 Å². The van der Waals surface area contributed by atoms with Crippen molar-refractivity contribution in [2.24, 2.45) is 0 Å². The lowest BCUT2D eigenvalue weighted by atomic mass is 10.1. The number of ether oxygens (including phenoxy) is 1. The van der Waals surface area contributed by atoms with Gasteiger partial charge in [-0.25, -0.2) is 0 Å². The highest BCUT2D eigenvalue weighted by molar-refractivity contribution is 7.85. The highest BCUT2D eigenvalue weighted by Gasteiger charge is 2.01. The second-order valence-electron chi connectivity index (χ2n) is 4.05. The Labute approximate surface area is 103 Å². The van der Waals surface area contributed by atoms with E-state index in [0.29, 0.717) is 13.0 Å². The molecule has 5 heteroatoms. The third kappa shape index (κ3) is 6.28. The van der Waals surface area contributed by atoms with E-state index in [1.165, 1.54) is 0 Å². The topological polar surface area (TPSA) is 52.6 Å². The van der Waals surface area contributed by atoms with E-state index in [0.717, 1.165) is 23.1 Å². The molecule has 0 saturated carbocycles. The highest BCUT2D eigenvalue weighted by Crippen LogP contribution is 2.16. The third-order valence-electron chi connectivity index (χ3n) is 2.05. The van der Waals surface area contributed by atoms with E-state index in [1.807, 2.05) is 26.0 Å². The molecule has 0 aliphatic rings. The fourth-order valence-electron chi connectivity index (χ4n) is 1.48. The molecule has 0 amide bonds. The fourth-order valence-corrected chi connectivity index (χ4v) is 1.90. The van der Waals surface area contributed by atoms with Crippen LogP contribution in [-0.4, -0.2) is 27.9 Å². The molecule has 1 aromatic carbocycles. The smallest absolute Gasteiger partial charge is 0.264 e. The normalized spacial score (nSPS) is 11.5. The Bertz CT molecular complexity index is 445. The maximum Gasteiger partial charge on any atom is 0.264 e. The predicted molar refractivity (Wildman–Crippen MR) is 66.8 cm³/mol. The lowest BCUT2D eigenvalue weighted by Gasteiger charge is -2.08. The Kier molecular flexibility index (Phi) is 4.96. The zero-order valence-electron chi connectivity index (χ0n) is 10.4. The van der Waals surface area contributed by atoms with Crippen molar-refractivity contribution >= 4 is 10.1 Å². The van der Waals surface area contributed by atoms with Gasteiger partial charge in [0.2, 0.25) is 0 Å². The van der Waals surface area contributed by atoms with E-state index in [2.05, 4.69) is 10.2 Å². The van der Waals surface area contributed by atoms with Crippen molar-refractivity contribution in [2.75, 3.05) is 19.5 Å². The van der Waals surface area contributed by atoms with Crippen LogP contribution in [0, 0.1) is 13.8 Å². The summed E-state index contributed by atoms with van der Waals surface area (Å²) in [5, 5.41) is 0. The molecule has 0 radical (unpaired) electrons. The standard InChI is InChI=1S/C12H18O4S/c1-10-7-11(2)9-12(8-10)15-5-4-6-16-17(3,13)14/h7-9H,4-6H2,1-3H3. The molecule has 17 heavy (non-hydrogen) atoms. The van der Waals surface area contributed by atoms with Crippen LogP contribution in [0.2, 0.25) is 0 Å². The fraction of sp³-hybridized carbons (Fsp3) is 0.500. The van der Waals surface area contributed by atoms with Crippen molar-refractivity contribution < 1.29 is 17.3 Å². The van der Waals surface area contributed by atoms with Crippen LogP contribution in [-0.2, 0) is 14.3 Å². The molecule has 0 aromatic heterocycles. The maximum atomic E-state index is 10.7. The predicted octanol–water partition coefficient (Wildman–Crippen LogP) is 2.05. The Balaban J connectivity index is 2.31. The van der Waals surface area contributed by atoms with Crippen LogP contribution in [0.15, 0.2) is 18.2 Å². The summed E-state index contributed by atoms with van der Waals surface area (Å²) in [6.45, 7) is 4.61. The van der Waals surface area contributed by atoms with Crippen LogP contribution < -0.4 is 4.74 Å². The van der Waals surface area contributed by atoms with Gasteiger partial charge < -0.3 is 4.74 Å². The van der Waals surface area contributed by atoms with Crippen molar-refractivity contribution in [3.63, 3.8) is 0 Å². The lowest BCUT2D eigenvalue weighted by Crippen LogP contribution is -2.07. The average molecular weight is 258 g/mol. The summed E-state index contributed by atoms with van der Waals surface area (Å²) >= 11 is 0. The summed E-state index contributed by atoms with van der Waals surface area (Å²) in [6, 6.07) is 5.97. The average Bonchev–Trinajstić information content (AvgIpc) is 2.13. The Morgan fingerprint density at radius 1 is 1.06 bits per heavy atom. The molecule has 0 heterocycles. The maximum absolute atomic E-state index is 10.7. The number of aryl methyl sites for hydroxylation is 2. The third-order valence-corrected chi connectivity index (χ3v) is 2.64. The van der Waals surface area contributed by atoms with Crippen LogP contribution in [0.4, 0.5) is 0 Å². The van der Waals surface area contributed by atoms with Gasteiger partial charge in [-0.05, 0) is 37.1 Å². The van der Waals surface area contributed by atoms with E-state index < -0.39 is 10.1 Å². The second-order valence-corrected chi connectivity index (χ2v) is 5.70.